The van der Waals surface area contributed by atoms with Crippen molar-refractivity contribution in [2.45, 2.75) is 19.3 Å². The van der Waals surface area contributed by atoms with E-state index in [-0.39, 0.29) is 12.2 Å². The second kappa shape index (κ2) is 6.69. The van der Waals surface area contributed by atoms with Crippen LogP contribution in [0.25, 0.3) is 0 Å². The number of nitrogens with one attached hydrogen (secondary N) is 1. The lowest BCUT2D eigenvalue weighted by Crippen LogP contribution is -2.09. The van der Waals surface area contributed by atoms with Gasteiger partial charge < -0.3 is 10.4 Å². The molecule has 0 aliphatic carbocycles. The van der Waals surface area contributed by atoms with Crippen LogP contribution in [0.5, 0.6) is 0 Å². The second-order valence-corrected chi connectivity index (χ2v) is 7.07. The highest BCUT2D eigenvalue weighted by molar-refractivity contribution is 7.90. The van der Waals surface area contributed by atoms with Gasteiger partial charge in [0.15, 0.2) is 5.13 Å². The normalized spacial score (nSPS) is 11.4. The summed E-state index contributed by atoms with van der Waals surface area (Å²) in [5, 5.41) is 14.1. The highest BCUT2D eigenvalue weighted by Gasteiger charge is 2.05. The fourth-order valence-electron chi connectivity index (χ4n) is 1.27. The molecule has 18 heavy (non-hydrogen) atoms. The summed E-state index contributed by atoms with van der Waals surface area (Å²) in [6.45, 7) is 0.541. The zero-order chi connectivity index (χ0) is 13.6. The maximum Gasteiger partial charge on any atom is 0.303 e. The molecule has 1 rings (SSSR count). The molecular formula is C10H16N2O4S2. The topological polar surface area (TPSA) is 96.4 Å². The Bertz CT molecular complexity index is 496. The molecule has 0 aliphatic rings. The minimum absolute atomic E-state index is 0.0667. The van der Waals surface area contributed by atoms with E-state index in [0.717, 1.165) is 5.69 Å². The van der Waals surface area contributed by atoms with Gasteiger partial charge in [0.05, 0.1) is 17.9 Å². The van der Waals surface area contributed by atoms with Gasteiger partial charge in [-0.2, -0.15) is 0 Å². The smallest absolute Gasteiger partial charge is 0.303 e. The van der Waals surface area contributed by atoms with Gasteiger partial charge in [0.2, 0.25) is 0 Å². The second-order valence-electron chi connectivity index (χ2n) is 3.95. The van der Waals surface area contributed by atoms with E-state index in [1.807, 2.05) is 5.38 Å². The first-order valence-electron chi connectivity index (χ1n) is 5.44. The average Bonchev–Trinajstić information content (AvgIpc) is 2.68. The monoisotopic (exact) mass is 292 g/mol. The summed E-state index contributed by atoms with van der Waals surface area (Å²) >= 11 is 1.39. The molecule has 6 nitrogen and oxygen atoms in total. The van der Waals surface area contributed by atoms with Crippen molar-refractivity contribution in [3.63, 3.8) is 0 Å². The van der Waals surface area contributed by atoms with Crippen molar-refractivity contribution in [3.05, 3.63) is 11.1 Å². The molecule has 1 aromatic rings. The van der Waals surface area contributed by atoms with Crippen molar-refractivity contribution in [1.82, 2.24) is 4.98 Å². The van der Waals surface area contributed by atoms with Gasteiger partial charge in [0.1, 0.15) is 9.84 Å². The summed E-state index contributed by atoms with van der Waals surface area (Å²) in [6, 6.07) is 0. The molecule has 0 saturated carbocycles. The SMILES string of the molecule is CS(=O)(=O)CCCNc1nc(CCC(=O)O)cs1. The maximum absolute atomic E-state index is 10.9. The Kier molecular flexibility index (Phi) is 5.54. The summed E-state index contributed by atoms with van der Waals surface area (Å²) in [4.78, 5) is 14.6. The number of thiazole rings is 1. The van der Waals surface area contributed by atoms with Crippen LogP contribution in [0.3, 0.4) is 0 Å². The van der Waals surface area contributed by atoms with Gasteiger partial charge in [-0.3, -0.25) is 4.79 Å². The van der Waals surface area contributed by atoms with E-state index in [1.165, 1.54) is 17.6 Å². The average molecular weight is 292 g/mol. The summed E-state index contributed by atoms with van der Waals surface area (Å²) < 4.78 is 21.8. The molecule has 0 atom stereocenters. The molecule has 0 radical (unpaired) electrons. The summed E-state index contributed by atoms with van der Waals surface area (Å²) in [5.74, 6) is -0.692. The molecule has 1 heterocycles. The Morgan fingerprint density at radius 3 is 2.89 bits per heavy atom. The fraction of sp³-hybridized carbons (Fsp3) is 0.600. The van der Waals surface area contributed by atoms with Crippen LogP contribution in [-0.2, 0) is 21.1 Å². The molecular weight excluding hydrogens is 276 g/mol. The van der Waals surface area contributed by atoms with Crippen LogP contribution in [-0.4, -0.2) is 43.0 Å². The number of anilines is 1. The van der Waals surface area contributed by atoms with Crippen LogP contribution in [0.2, 0.25) is 0 Å². The van der Waals surface area contributed by atoms with E-state index in [0.29, 0.717) is 24.5 Å². The van der Waals surface area contributed by atoms with E-state index in [1.54, 1.807) is 0 Å². The van der Waals surface area contributed by atoms with Gasteiger partial charge in [0, 0.05) is 24.6 Å². The van der Waals surface area contributed by atoms with Gasteiger partial charge in [-0.25, -0.2) is 13.4 Å². The first-order chi connectivity index (χ1) is 8.37. The number of nitrogens with zero attached hydrogens (tertiary/aromatic N) is 1. The highest BCUT2D eigenvalue weighted by Crippen LogP contribution is 2.16. The third-order valence-corrected chi connectivity index (χ3v) is 3.99. The Balaban J connectivity index is 2.29. The zero-order valence-electron chi connectivity index (χ0n) is 10.0. The number of aryl methyl sites for hydroxylation is 1. The molecule has 0 spiro atoms. The minimum Gasteiger partial charge on any atom is -0.481 e. The van der Waals surface area contributed by atoms with Gasteiger partial charge >= 0.3 is 5.97 Å². The third-order valence-electron chi connectivity index (χ3n) is 2.11. The van der Waals surface area contributed by atoms with Crippen molar-refractivity contribution in [2.75, 3.05) is 23.9 Å². The predicted molar refractivity (Wildman–Crippen MR) is 70.9 cm³/mol. The molecule has 0 fully saturated rings. The van der Waals surface area contributed by atoms with Gasteiger partial charge in [-0.05, 0) is 6.42 Å². The van der Waals surface area contributed by atoms with Crippen LogP contribution in [0.1, 0.15) is 18.5 Å². The Labute approximate surface area is 110 Å². The van der Waals surface area contributed by atoms with Crippen molar-refractivity contribution in [1.29, 1.82) is 0 Å². The summed E-state index contributed by atoms with van der Waals surface area (Å²) in [7, 11) is -2.91. The number of hydrogen-bond donors (Lipinski definition) is 2. The molecule has 8 heteroatoms. The largest absolute Gasteiger partial charge is 0.481 e. The summed E-state index contributed by atoms with van der Waals surface area (Å²) in [5.41, 5.74) is 0.744. The molecule has 2 N–H and O–H groups in total. The van der Waals surface area contributed by atoms with Gasteiger partial charge in [-0.1, -0.05) is 0 Å². The van der Waals surface area contributed by atoms with Gasteiger partial charge in [0.25, 0.3) is 0 Å². The summed E-state index contributed by atoms with van der Waals surface area (Å²) in [6.07, 6.45) is 2.22. The maximum atomic E-state index is 10.9. The Morgan fingerprint density at radius 2 is 2.28 bits per heavy atom. The number of sulfone groups is 1. The van der Waals surface area contributed by atoms with Crippen LogP contribution in [0.15, 0.2) is 5.38 Å². The van der Waals surface area contributed by atoms with E-state index in [2.05, 4.69) is 10.3 Å². The lowest BCUT2D eigenvalue weighted by atomic mass is 10.2. The number of carbonyl (C=O) groups is 1. The Morgan fingerprint density at radius 1 is 1.56 bits per heavy atom. The van der Waals surface area contributed by atoms with Crippen molar-refractivity contribution < 1.29 is 18.3 Å². The first-order valence-corrected chi connectivity index (χ1v) is 8.38. The number of carboxylic acids is 1. The molecule has 0 unspecified atom stereocenters. The number of hydrogen-bond acceptors (Lipinski definition) is 6. The standard InChI is InChI=1S/C10H16N2O4S2/c1-18(15,16)6-2-5-11-10-12-8(7-17-10)3-4-9(13)14/h7H,2-6H2,1H3,(H,11,12)(H,13,14). The van der Waals surface area contributed by atoms with Crippen molar-refractivity contribution in [3.8, 4) is 0 Å². The van der Waals surface area contributed by atoms with Crippen molar-refractivity contribution >= 4 is 32.3 Å². The molecule has 1 aromatic heterocycles. The predicted octanol–water partition coefficient (Wildman–Crippen LogP) is 1.01. The van der Waals surface area contributed by atoms with E-state index in [4.69, 9.17) is 5.11 Å². The number of carboxylic acid groups (broad SMARTS) is 1. The molecule has 0 aliphatic heterocycles. The van der Waals surface area contributed by atoms with Crippen LogP contribution < -0.4 is 5.32 Å². The lowest BCUT2D eigenvalue weighted by molar-refractivity contribution is -0.136. The first kappa shape index (κ1) is 14.9. The van der Waals surface area contributed by atoms with Crippen LogP contribution >= 0.6 is 11.3 Å². The molecule has 0 amide bonds. The van der Waals surface area contributed by atoms with E-state index >= 15 is 0 Å². The Hall–Kier alpha value is -1.15. The number of rotatable bonds is 8. The van der Waals surface area contributed by atoms with Gasteiger partial charge in [-0.15, -0.1) is 11.3 Å². The minimum atomic E-state index is -2.91. The quantitative estimate of drug-likeness (QED) is 0.694. The highest BCUT2D eigenvalue weighted by atomic mass is 32.2. The van der Waals surface area contributed by atoms with Crippen molar-refractivity contribution in [2.24, 2.45) is 0 Å². The number of aromatic nitrogens is 1. The van der Waals surface area contributed by atoms with E-state index < -0.39 is 15.8 Å². The number of aliphatic carboxylic acids is 1. The van der Waals surface area contributed by atoms with E-state index in [9.17, 15) is 13.2 Å². The molecule has 0 aromatic carbocycles. The molecule has 102 valence electrons. The fourth-order valence-corrected chi connectivity index (χ4v) is 2.71. The third kappa shape index (κ3) is 6.55. The lowest BCUT2D eigenvalue weighted by Gasteiger charge is -2.01. The van der Waals surface area contributed by atoms with Crippen LogP contribution in [0.4, 0.5) is 5.13 Å². The molecule has 0 saturated heterocycles. The van der Waals surface area contributed by atoms with Crippen LogP contribution in [0, 0.1) is 0 Å². The zero-order valence-corrected chi connectivity index (χ0v) is 11.7. The molecule has 0 bridgehead atoms.